The van der Waals surface area contributed by atoms with Crippen molar-refractivity contribution in [3.05, 3.63) is 45.0 Å². The summed E-state index contributed by atoms with van der Waals surface area (Å²) in [5.74, 6) is -0.566. The smallest absolute Gasteiger partial charge is 0.273 e. The number of carbonyl (C=O) groups is 1. The standard InChI is InChI=1S/C13H13FIN3O/c1-3-18-12(6-8(2)17-18)13(19)16-11-5-4-9(14)7-10(11)15/h4-7H,3H2,1-2H3,(H,16,19). The number of amides is 1. The fraction of sp³-hybridized carbons (Fsp3) is 0.231. The van der Waals surface area contributed by atoms with Crippen LogP contribution < -0.4 is 5.32 Å². The predicted octanol–water partition coefficient (Wildman–Crippen LogP) is 3.21. The molecule has 1 N–H and O–H groups in total. The van der Waals surface area contributed by atoms with E-state index >= 15 is 0 Å². The number of nitrogens with zero attached hydrogens (tertiary/aromatic N) is 2. The molecule has 0 spiro atoms. The van der Waals surface area contributed by atoms with E-state index in [4.69, 9.17) is 0 Å². The minimum Gasteiger partial charge on any atom is -0.320 e. The van der Waals surface area contributed by atoms with Gasteiger partial charge in [0.2, 0.25) is 0 Å². The van der Waals surface area contributed by atoms with Gasteiger partial charge in [-0.15, -0.1) is 0 Å². The molecule has 0 atom stereocenters. The highest BCUT2D eigenvalue weighted by molar-refractivity contribution is 14.1. The summed E-state index contributed by atoms with van der Waals surface area (Å²) in [4.78, 5) is 12.2. The number of nitrogens with one attached hydrogen (secondary N) is 1. The maximum atomic E-state index is 13.0. The first-order chi connectivity index (χ1) is 9.01. The summed E-state index contributed by atoms with van der Waals surface area (Å²) in [5.41, 5.74) is 1.88. The van der Waals surface area contributed by atoms with Crippen molar-refractivity contribution in [2.24, 2.45) is 0 Å². The highest BCUT2D eigenvalue weighted by atomic mass is 127. The van der Waals surface area contributed by atoms with E-state index in [2.05, 4.69) is 10.4 Å². The van der Waals surface area contributed by atoms with E-state index < -0.39 is 0 Å². The van der Waals surface area contributed by atoms with Gasteiger partial charge in [-0.2, -0.15) is 5.10 Å². The number of hydrogen-bond donors (Lipinski definition) is 1. The largest absolute Gasteiger partial charge is 0.320 e. The molecule has 0 aliphatic heterocycles. The van der Waals surface area contributed by atoms with Crippen molar-refractivity contribution >= 4 is 34.2 Å². The normalized spacial score (nSPS) is 10.5. The predicted molar refractivity (Wildman–Crippen MR) is 79.7 cm³/mol. The van der Waals surface area contributed by atoms with Crippen LogP contribution in [0.3, 0.4) is 0 Å². The summed E-state index contributed by atoms with van der Waals surface area (Å²) in [6.45, 7) is 4.38. The van der Waals surface area contributed by atoms with Crippen LogP contribution in [0.5, 0.6) is 0 Å². The second-order valence-electron chi connectivity index (χ2n) is 4.07. The zero-order valence-electron chi connectivity index (χ0n) is 10.6. The monoisotopic (exact) mass is 373 g/mol. The Kier molecular flexibility index (Phi) is 4.18. The molecule has 6 heteroatoms. The minimum atomic E-state index is -0.322. The number of benzene rings is 1. The Labute approximate surface area is 124 Å². The average molecular weight is 373 g/mol. The van der Waals surface area contributed by atoms with Gasteiger partial charge in [0.15, 0.2) is 0 Å². The fourth-order valence-corrected chi connectivity index (χ4v) is 2.36. The number of halogens is 2. The lowest BCUT2D eigenvalue weighted by Gasteiger charge is -2.08. The third kappa shape index (κ3) is 3.12. The van der Waals surface area contributed by atoms with Crippen LogP contribution in [-0.4, -0.2) is 15.7 Å². The lowest BCUT2D eigenvalue weighted by atomic mass is 10.3. The molecule has 0 saturated heterocycles. The second kappa shape index (κ2) is 5.68. The molecule has 4 nitrogen and oxygen atoms in total. The quantitative estimate of drug-likeness (QED) is 0.840. The summed E-state index contributed by atoms with van der Waals surface area (Å²) in [5, 5.41) is 6.99. The number of aromatic nitrogens is 2. The highest BCUT2D eigenvalue weighted by Gasteiger charge is 2.14. The van der Waals surface area contributed by atoms with E-state index in [1.807, 2.05) is 36.4 Å². The zero-order chi connectivity index (χ0) is 14.0. The summed E-state index contributed by atoms with van der Waals surface area (Å²) >= 11 is 1.98. The molecule has 19 heavy (non-hydrogen) atoms. The van der Waals surface area contributed by atoms with Crippen molar-refractivity contribution in [1.29, 1.82) is 0 Å². The molecule has 0 fully saturated rings. The molecule has 0 aliphatic rings. The van der Waals surface area contributed by atoms with Crippen molar-refractivity contribution in [3.8, 4) is 0 Å². The topological polar surface area (TPSA) is 46.9 Å². The molecule has 100 valence electrons. The molecule has 0 saturated carbocycles. The van der Waals surface area contributed by atoms with Crippen molar-refractivity contribution < 1.29 is 9.18 Å². The molecular weight excluding hydrogens is 360 g/mol. The third-order valence-corrected chi connectivity index (χ3v) is 3.51. The maximum Gasteiger partial charge on any atom is 0.273 e. The SMILES string of the molecule is CCn1nc(C)cc1C(=O)Nc1ccc(F)cc1I. The molecule has 1 heterocycles. The van der Waals surface area contributed by atoms with Crippen LogP contribution in [-0.2, 0) is 6.54 Å². The maximum absolute atomic E-state index is 13.0. The molecular formula is C13H13FIN3O. The minimum absolute atomic E-state index is 0.244. The van der Waals surface area contributed by atoms with Crippen LogP contribution in [0, 0.1) is 16.3 Å². The highest BCUT2D eigenvalue weighted by Crippen LogP contribution is 2.20. The van der Waals surface area contributed by atoms with Crippen molar-refractivity contribution in [3.63, 3.8) is 0 Å². The van der Waals surface area contributed by atoms with Gasteiger partial charge in [0.1, 0.15) is 11.5 Å². The van der Waals surface area contributed by atoms with Gasteiger partial charge in [0.25, 0.3) is 5.91 Å². The molecule has 1 aromatic carbocycles. The van der Waals surface area contributed by atoms with Gasteiger partial charge in [0, 0.05) is 10.1 Å². The Balaban J connectivity index is 2.25. The Morgan fingerprint density at radius 3 is 2.84 bits per heavy atom. The van der Waals surface area contributed by atoms with Crippen molar-refractivity contribution in [2.45, 2.75) is 20.4 Å². The van der Waals surface area contributed by atoms with Gasteiger partial charge in [-0.3, -0.25) is 9.48 Å². The van der Waals surface area contributed by atoms with Gasteiger partial charge in [-0.25, -0.2) is 4.39 Å². The molecule has 0 radical (unpaired) electrons. The van der Waals surface area contributed by atoms with E-state index in [1.165, 1.54) is 12.1 Å². The number of hydrogen-bond acceptors (Lipinski definition) is 2. The Hall–Kier alpha value is -1.44. The molecule has 0 aliphatic carbocycles. The first-order valence-electron chi connectivity index (χ1n) is 5.82. The van der Waals surface area contributed by atoms with Gasteiger partial charge in [0.05, 0.1) is 11.4 Å². The van der Waals surface area contributed by atoms with E-state index in [9.17, 15) is 9.18 Å². The number of rotatable bonds is 3. The third-order valence-electron chi connectivity index (χ3n) is 2.61. The Bertz CT molecular complexity index is 624. The molecule has 1 aromatic heterocycles. The van der Waals surface area contributed by atoms with Gasteiger partial charge in [-0.05, 0) is 60.7 Å². The van der Waals surface area contributed by atoms with E-state index in [0.29, 0.717) is 21.5 Å². The molecule has 0 unspecified atom stereocenters. The number of aryl methyl sites for hydroxylation is 2. The van der Waals surface area contributed by atoms with Crippen LogP contribution in [0.4, 0.5) is 10.1 Å². The second-order valence-corrected chi connectivity index (χ2v) is 5.23. The number of carbonyl (C=O) groups excluding carboxylic acids is 1. The van der Waals surface area contributed by atoms with Gasteiger partial charge in [-0.1, -0.05) is 0 Å². The lowest BCUT2D eigenvalue weighted by molar-refractivity contribution is 0.101. The summed E-state index contributed by atoms with van der Waals surface area (Å²) in [7, 11) is 0. The lowest BCUT2D eigenvalue weighted by Crippen LogP contribution is -2.17. The molecule has 2 aromatic rings. The van der Waals surface area contributed by atoms with Crippen LogP contribution in [0.2, 0.25) is 0 Å². The summed E-state index contributed by atoms with van der Waals surface area (Å²) in [6, 6.07) is 5.97. The van der Waals surface area contributed by atoms with Crippen molar-refractivity contribution in [1.82, 2.24) is 9.78 Å². The van der Waals surface area contributed by atoms with E-state index in [-0.39, 0.29) is 11.7 Å². The first kappa shape index (κ1) is 14.0. The van der Waals surface area contributed by atoms with E-state index in [1.54, 1.807) is 16.8 Å². The van der Waals surface area contributed by atoms with Crippen LogP contribution in [0.15, 0.2) is 24.3 Å². The van der Waals surface area contributed by atoms with Gasteiger partial charge >= 0.3 is 0 Å². The summed E-state index contributed by atoms with van der Waals surface area (Å²) in [6.07, 6.45) is 0. The first-order valence-corrected chi connectivity index (χ1v) is 6.90. The average Bonchev–Trinajstić information content (AvgIpc) is 2.74. The van der Waals surface area contributed by atoms with Crippen LogP contribution >= 0.6 is 22.6 Å². The van der Waals surface area contributed by atoms with Crippen LogP contribution in [0.25, 0.3) is 0 Å². The Morgan fingerprint density at radius 1 is 1.47 bits per heavy atom. The number of anilines is 1. The zero-order valence-corrected chi connectivity index (χ0v) is 12.7. The molecule has 0 bridgehead atoms. The van der Waals surface area contributed by atoms with E-state index in [0.717, 1.165) is 5.69 Å². The Morgan fingerprint density at radius 2 is 2.21 bits per heavy atom. The van der Waals surface area contributed by atoms with Crippen molar-refractivity contribution in [2.75, 3.05) is 5.32 Å². The van der Waals surface area contributed by atoms with Crippen LogP contribution in [0.1, 0.15) is 23.1 Å². The van der Waals surface area contributed by atoms with Gasteiger partial charge < -0.3 is 5.32 Å². The fourth-order valence-electron chi connectivity index (χ4n) is 1.75. The molecule has 2 rings (SSSR count). The summed E-state index contributed by atoms with van der Waals surface area (Å²) < 4.78 is 15.3. The molecule has 1 amide bonds.